The van der Waals surface area contributed by atoms with Gasteiger partial charge in [-0.2, -0.15) is 0 Å². The van der Waals surface area contributed by atoms with Gasteiger partial charge in [0.05, 0.1) is 16.8 Å². The van der Waals surface area contributed by atoms with Crippen molar-refractivity contribution in [2.45, 2.75) is 43.9 Å². The zero-order chi connectivity index (χ0) is 22.6. The number of hydrogen-bond donors (Lipinski definition) is 3. The highest BCUT2D eigenvalue weighted by molar-refractivity contribution is 7.92. The highest BCUT2D eigenvalue weighted by Crippen LogP contribution is 2.24. The molecule has 1 aliphatic rings. The Morgan fingerprint density at radius 3 is 2.39 bits per heavy atom. The largest absolute Gasteiger partial charge is 0.326 e. The minimum atomic E-state index is -3.70. The summed E-state index contributed by atoms with van der Waals surface area (Å²) in [4.78, 5) is 12.4. The Kier molecular flexibility index (Phi) is 7.03. The van der Waals surface area contributed by atoms with E-state index in [1.165, 1.54) is 11.6 Å². The number of amides is 1. The number of aryl methyl sites for hydroxylation is 3. The van der Waals surface area contributed by atoms with Crippen molar-refractivity contribution in [2.75, 3.05) is 22.8 Å². The van der Waals surface area contributed by atoms with Gasteiger partial charge in [0.1, 0.15) is 0 Å². The Balaban J connectivity index is 1.57. The lowest BCUT2D eigenvalue weighted by Gasteiger charge is -2.16. The lowest BCUT2D eigenvalue weighted by atomic mass is 9.92. The molecule has 10 heteroatoms. The maximum Gasteiger partial charge on any atom is 0.240 e. The lowest BCUT2D eigenvalue weighted by molar-refractivity contribution is -0.116. The van der Waals surface area contributed by atoms with Crippen molar-refractivity contribution in [1.82, 2.24) is 4.72 Å². The molecule has 0 spiro atoms. The van der Waals surface area contributed by atoms with E-state index in [0.29, 0.717) is 16.9 Å². The van der Waals surface area contributed by atoms with Crippen LogP contribution >= 0.6 is 0 Å². The molecular formula is C21H27N3O5S2. The molecule has 0 bridgehead atoms. The quantitative estimate of drug-likeness (QED) is 0.553. The van der Waals surface area contributed by atoms with E-state index in [-0.39, 0.29) is 23.8 Å². The van der Waals surface area contributed by atoms with E-state index in [1.54, 1.807) is 31.2 Å². The number of carbonyl (C=O) groups excluding carboxylic acids is 1. The topological polar surface area (TPSA) is 121 Å². The van der Waals surface area contributed by atoms with Gasteiger partial charge < -0.3 is 5.32 Å². The van der Waals surface area contributed by atoms with Gasteiger partial charge in [-0.1, -0.05) is 12.1 Å². The van der Waals surface area contributed by atoms with E-state index >= 15 is 0 Å². The normalized spacial score (nSPS) is 14.0. The molecule has 3 rings (SSSR count). The molecule has 0 radical (unpaired) electrons. The standard InChI is InChI=1S/C21H27N3O5S2/c1-15-7-9-18(14-20(15)24-30(2,26)27)23-21(25)11-12-22-31(28,29)19-10-8-16-5-3-4-6-17(16)13-19/h7-10,13-14,22,24H,3-6,11-12H2,1-2H3,(H,23,25). The Morgan fingerprint density at radius 2 is 1.68 bits per heavy atom. The minimum Gasteiger partial charge on any atom is -0.326 e. The number of benzene rings is 2. The van der Waals surface area contributed by atoms with Gasteiger partial charge in [0, 0.05) is 18.7 Å². The number of rotatable bonds is 8. The van der Waals surface area contributed by atoms with Crippen LogP contribution in [-0.2, 0) is 37.7 Å². The zero-order valence-corrected chi connectivity index (χ0v) is 19.2. The average molecular weight is 466 g/mol. The van der Waals surface area contributed by atoms with Gasteiger partial charge in [0.2, 0.25) is 26.0 Å². The Bertz CT molecular complexity index is 1190. The van der Waals surface area contributed by atoms with E-state index in [4.69, 9.17) is 0 Å². The second kappa shape index (κ2) is 9.37. The fraction of sp³-hybridized carbons (Fsp3) is 0.381. The van der Waals surface area contributed by atoms with Gasteiger partial charge in [-0.05, 0) is 73.6 Å². The summed E-state index contributed by atoms with van der Waals surface area (Å²) in [6.45, 7) is 1.69. The molecule has 0 aliphatic heterocycles. The SMILES string of the molecule is Cc1ccc(NC(=O)CCNS(=O)(=O)c2ccc3c(c2)CCCC3)cc1NS(C)(=O)=O. The van der Waals surface area contributed by atoms with E-state index in [1.807, 2.05) is 6.07 Å². The first-order valence-electron chi connectivity index (χ1n) is 10.0. The van der Waals surface area contributed by atoms with Crippen molar-refractivity contribution in [1.29, 1.82) is 0 Å². The molecule has 0 fully saturated rings. The number of hydrogen-bond acceptors (Lipinski definition) is 5. The van der Waals surface area contributed by atoms with Crippen LogP contribution in [0.15, 0.2) is 41.3 Å². The Hall–Kier alpha value is -2.43. The van der Waals surface area contributed by atoms with Crippen LogP contribution in [-0.4, -0.2) is 35.5 Å². The summed E-state index contributed by atoms with van der Waals surface area (Å²) in [5, 5.41) is 2.65. The van der Waals surface area contributed by atoms with E-state index < -0.39 is 20.0 Å². The maximum atomic E-state index is 12.6. The van der Waals surface area contributed by atoms with Crippen LogP contribution in [0, 0.1) is 6.92 Å². The molecule has 3 N–H and O–H groups in total. The molecule has 0 aromatic heterocycles. The van der Waals surface area contributed by atoms with Crippen molar-refractivity contribution in [3.8, 4) is 0 Å². The van der Waals surface area contributed by atoms with Gasteiger partial charge in [-0.25, -0.2) is 21.6 Å². The number of nitrogens with one attached hydrogen (secondary N) is 3. The molecule has 2 aromatic carbocycles. The molecule has 31 heavy (non-hydrogen) atoms. The van der Waals surface area contributed by atoms with Crippen LogP contribution in [0.1, 0.15) is 36.0 Å². The monoisotopic (exact) mass is 465 g/mol. The average Bonchev–Trinajstić information content (AvgIpc) is 2.69. The number of anilines is 2. The van der Waals surface area contributed by atoms with Crippen molar-refractivity contribution in [3.05, 3.63) is 53.1 Å². The van der Waals surface area contributed by atoms with Crippen LogP contribution in [0.3, 0.4) is 0 Å². The number of fused-ring (bicyclic) bond motifs is 1. The fourth-order valence-corrected chi connectivity index (χ4v) is 5.19. The highest BCUT2D eigenvalue weighted by Gasteiger charge is 2.18. The molecule has 1 amide bonds. The third-order valence-electron chi connectivity index (χ3n) is 5.09. The van der Waals surface area contributed by atoms with Crippen molar-refractivity contribution >= 4 is 37.3 Å². The van der Waals surface area contributed by atoms with Crippen molar-refractivity contribution < 1.29 is 21.6 Å². The van der Waals surface area contributed by atoms with Crippen LogP contribution in [0.4, 0.5) is 11.4 Å². The second-order valence-electron chi connectivity index (χ2n) is 7.74. The van der Waals surface area contributed by atoms with Crippen LogP contribution < -0.4 is 14.8 Å². The van der Waals surface area contributed by atoms with E-state index in [9.17, 15) is 21.6 Å². The van der Waals surface area contributed by atoms with E-state index in [2.05, 4.69) is 14.8 Å². The minimum absolute atomic E-state index is 0.0500. The molecular weight excluding hydrogens is 438 g/mol. The predicted octanol–water partition coefficient (Wildman–Crippen LogP) is 2.55. The molecule has 168 valence electrons. The molecule has 0 unspecified atom stereocenters. The van der Waals surface area contributed by atoms with Gasteiger partial charge in [0.15, 0.2) is 0 Å². The molecule has 8 nitrogen and oxygen atoms in total. The molecule has 0 heterocycles. The predicted molar refractivity (Wildman–Crippen MR) is 121 cm³/mol. The summed E-state index contributed by atoms with van der Waals surface area (Å²) in [6.07, 6.45) is 5.03. The fourth-order valence-electron chi connectivity index (χ4n) is 3.49. The summed E-state index contributed by atoms with van der Waals surface area (Å²) in [6, 6.07) is 10.1. The molecule has 0 saturated carbocycles. The van der Waals surface area contributed by atoms with Crippen LogP contribution in [0.5, 0.6) is 0 Å². The zero-order valence-electron chi connectivity index (χ0n) is 17.6. The summed E-state index contributed by atoms with van der Waals surface area (Å²) >= 11 is 0. The van der Waals surface area contributed by atoms with Crippen molar-refractivity contribution in [2.24, 2.45) is 0 Å². The Morgan fingerprint density at radius 1 is 0.968 bits per heavy atom. The highest BCUT2D eigenvalue weighted by atomic mass is 32.2. The first-order valence-corrected chi connectivity index (χ1v) is 13.4. The van der Waals surface area contributed by atoms with Crippen LogP contribution in [0.2, 0.25) is 0 Å². The van der Waals surface area contributed by atoms with E-state index in [0.717, 1.165) is 37.5 Å². The summed E-state index contributed by atoms with van der Waals surface area (Å²) in [5.41, 5.74) is 3.77. The summed E-state index contributed by atoms with van der Waals surface area (Å²) in [5.74, 6) is -0.387. The second-order valence-corrected chi connectivity index (χ2v) is 11.3. The van der Waals surface area contributed by atoms with Gasteiger partial charge in [0.25, 0.3) is 0 Å². The molecule has 2 aromatic rings. The molecule has 0 atom stereocenters. The third-order valence-corrected chi connectivity index (χ3v) is 7.14. The first-order chi connectivity index (χ1) is 14.5. The molecule has 1 aliphatic carbocycles. The Labute approximate surface area is 183 Å². The van der Waals surface area contributed by atoms with Crippen molar-refractivity contribution in [3.63, 3.8) is 0 Å². The summed E-state index contributed by atoms with van der Waals surface area (Å²) in [7, 11) is -7.15. The lowest BCUT2D eigenvalue weighted by Crippen LogP contribution is -2.28. The summed E-state index contributed by atoms with van der Waals surface area (Å²) < 4.78 is 52.9. The molecule has 0 saturated heterocycles. The maximum absolute atomic E-state index is 12.6. The number of carbonyl (C=O) groups is 1. The third kappa shape index (κ3) is 6.52. The smallest absolute Gasteiger partial charge is 0.240 e. The van der Waals surface area contributed by atoms with Crippen LogP contribution in [0.25, 0.3) is 0 Å². The number of sulfonamides is 2. The first kappa shape index (κ1) is 23.2. The van der Waals surface area contributed by atoms with Gasteiger partial charge in [-0.3, -0.25) is 9.52 Å². The van der Waals surface area contributed by atoms with Gasteiger partial charge in [-0.15, -0.1) is 0 Å². The van der Waals surface area contributed by atoms with Gasteiger partial charge >= 0.3 is 0 Å².